The van der Waals surface area contributed by atoms with Crippen LogP contribution in [0.3, 0.4) is 0 Å². The van der Waals surface area contributed by atoms with Crippen molar-refractivity contribution in [2.24, 2.45) is 0 Å². The molecule has 2 rings (SSSR count). The highest BCUT2D eigenvalue weighted by molar-refractivity contribution is 5.80. The van der Waals surface area contributed by atoms with Crippen LogP contribution in [0.1, 0.15) is 29.2 Å². The molecule has 2 aromatic rings. The minimum atomic E-state index is -0.845. The molecule has 0 amide bonds. The Morgan fingerprint density at radius 1 is 1.10 bits per heavy atom. The van der Waals surface area contributed by atoms with Gasteiger partial charge in [0.15, 0.2) is 0 Å². The molecule has 21 heavy (non-hydrogen) atoms. The molecule has 0 aliphatic rings. The average molecular weight is 281 g/mol. The highest BCUT2D eigenvalue weighted by Gasteiger charge is 2.11. The predicted molar refractivity (Wildman–Crippen MR) is 81.2 cm³/mol. The lowest BCUT2D eigenvalue weighted by Crippen LogP contribution is -1.93. The smallest absolute Gasteiger partial charge is 0.144 e. The molecule has 0 heterocycles. The fourth-order valence-corrected chi connectivity index (χ4v) is 1.97. The summed E-state index contributed by atoms with van der Waals surface area (Å²) >= 11 is 0. The van der Waals surface area contributed by atoms with E-state index in [1.807, 2.05) is 30.3 Å². The van der Waals surface area contributed by atoms with E-state index in [4.69, 9.17) is 5.26 Å². The molecule has 0 N–H and O–H groups in total. The Morgan fingerprint density at radius 2 is 1.62 bits per heavy atom. The molecular weight excluding hydrogens is 268 g/mol. The van der Waals surface area contributed by atoms with Gasteiger partial charge >= 0.3 is 0 Å². The van der Waals surface area contributed by atoms with E-state index in [2.05, 4.69) is 6.58 Å². The van der Waals surface area contributed by atoms with Gasteiger partial charge in [0.2, 0.25) is 0 Å². The zero-order chi connectivity index (χ0) is 15.4. The fourth-order valence-electron chi connectivity index (χ4n) is 1.97. The third-order valence-corrected chi connectivity index (χ3v) is 3.16. The third-order valence-electron chi connectivity index (χ3n) is 3.16. The van der Waals surface area contributed by atoms with Crippen molar-refractivity contribution < 1.29 is 8.78 Å². The summed E-state index contributed by atoms with van der Waals surface area (Å²) in [5, 5.41) is 8.66. The molecule has 1 nitrogen and oxygen atoms in total. The maximum absolute atomic E-state index is 13.6. The predicted octanol–water partition coefficient (Wildman–Crippen LogP) is 5.04. The highest BCUT2D eigenvalue weighted by atomic mass is 19.1. The molecule has 0 spiro atoms. The molecule has 0 saturated heterocycles. The van der Waals surface area contributed by atoms with Gasteiger partial charge in [-0.3, -0.25) is 0 Å². The number of nitriles is 1. The van der Waals surface area contributed by atoms with Gasteiger partial charge in [0.25, 0.3) is 0 Å². The van der Waals surface area contributed by atoms with Crippen LogP contribution in [0, 0.1) is 23.0 Å². The molecule has 0 aromatic heterocycles. The van der Waals surface area contributed by atoms with Crippen LogP contribution in [0.4, 0.5) is 8.78 Å². The summed E-state index contributed by atoms with van der Waals surface area (Å²) in [7, 11) is 0. The van der Waals surface area contributed by atoms with Crippen LogP contribution in [0.25, 0.3) is 17.7 Å². The first-order chi connectivity index (χ1) is 10.0. The second-order valence-corrected chi connectivity index (χ2v) is 4.62. The molecule has 0 atom stereocenters. The van der Waals surface area contributed by atoms with E-state index >= 15 is 0 Å². The quantitative estimate of drug-likeness (QED) is 0.723. The molecular formula is C18H13F2N. The van der Waals surface area contributed by atoms with Crippen molar-refractivity contribution in [3.63, 3.8) is 0 Å². The summed E-state index contributed by atoms with van der Waals surface area (Å²) in [6, 6.07) is 11.5. The Hall–Kier alpha value is -2.73. The van der Waals surface area contributed by atoms with Crippen molar-refractivity contribution >= 4 is 17.7 Å². The molecule has 0 radical (unpaired) electrons. The lowest BCUT2D eigenvalue weighted by Gasteiger charge is -2.05. The van der Waals surface area contributed by atoms with Crippen molar-refractivity contribution in [2.45, 2.75) is 6.92 Å². The van der Waals surface area contributed by atoms with Gasteiger partial charge in [0.05, 0.1) is 0 Å². The highest BCUT2D eigenvalue weighted by Crippen LogP contribution is 2.22. The second kappa shape index (κ2) is 6.15. The van der Waals surface area contributed by atoms with E-state index < -0.39 is 17.2 Å². The van der Waals surface area contributed by atoms with Gasteiger partial charge < -0.3 is 0 Å². The molecule has 2 aromatic carbocycles. The number of nitrogens with zero attached hydrogens (tertiary/aromatic N) is 1. The largest absolute Gasteiger partial charge is 0.205 e. The molecule has 0 bridgehead atoms. The average Bonchev–Trinajstić information content (AvgIpc) is 2.47. The number of hydrogen-bond acceptors (Lipinski definition) is 1. The van der Waals surface area contributed by atoms with Crippen LogP contribution in [0.2, 0.25) is 0 Å². The second-order valence-electron chi connectivity index (χ2n) is 4.62. The van der Waals surface area contributed by atoms with Gasteiger partial charge in [-0.05, 0) is 41.3 Å². The van der Waals surface area contributed by atoms with Gasteiger partial charge in [-0.15, -0.1) is 0 Å². The SMILES string of the molecule is C=Cc1ccc(/C=C(\C)c2cc(F)c(C#N)c(F)c2)cc1. The molecule has 104 valence electrons. The maximum atomic E-state index is 13.6. The fraction of sp³-hybridized carbons (Fsp3) is 0.0556. The summed E-state index contributed by atoms with van der Waals surface area (Å²) in [5.74, 6) is -1.69. The molecule has 0 aliphatic heterocycles. The van der Waals surface area contributed by atoms with Crippen molar-refractivity contribution in [3.8, 4) is 6.07 Å². The number of allylic oxidation sites excluding steroid dienone is 1. The monoisotopic (exact) mass is 281 g/mol. The van der Waals surface area contributed by atoms with Crippen LogP contribution < -0.4 is 0 Å². The van der Waals surface area contributed by atoms with E-state index in [9.17, 15) is 8.78 Å². The van der Waals surface area contributed by atoms with Gasteiger partial charge in [-0.2, -0.15) is 5.26 Å². The van der Waals surface area contributed by atoms with Crippen molar-refractivity contribution in [3.05, 3.63) is 76.9 Å². The molecule has 0 saturated carbocycles. The lowest BCUT2D eigenvalue weighted by atomic mass is 10.0. The molecule has 0 aliphatic carbocycles. The Labute approximate surface area is 122 Å². The van der Waals surface area contributed by atoms with Crippen LogP contribution >= 0.6 is 0 Å². The molecule has 3 heteroatoms. The summed E-state index contributed by atoms with van der Waals surface area (Å²) in [6.45, 7) is 5.45. The van der Waals surface area contributed by atoms with E-state index in [0.717, 1.165) is 11.1 Å². The van der Waals surface area contributed by atoms with Gasteiger partial charge in [-0.25, -0.2) is 8.78 Å². The van der Waals surface area contributed by atoms with Crippen molar-refractivity contribution in [1.82, 2.24) is 0 Å². The summed E-state index contributed by atoms with van der Waals surface area (Å²) in [4.78, 5) is 0. The number of rotatable bonds is 3. The summed E-state index contributed by atoms with van der Waals surface area (Å²) in [5.41, 5.74) is 2.49. The van der Waals surface area contributed by atoms with E-state index in [1.54, 1.807) is 13.0 Å². The minimum Gasteiger partial charge on any atom is -0.205 e. The first kappa shape index (κ1) is 14.7. The number of benzene rings is 2. The Kier molecular flexibility index (Phi) is 4.30. The van der Waals surface area contributed by atoms with Crippen molar-refractivity contribution in [2.75, 3.05) is 0 Å². The Bertz CT molecular complexity index is 727. The summed E-state index contributed by atoms with van der Waals surface area (Å²) in [6.07, 6.45) is 3.57. The van der Waals surface area contributed by atoms with Crippen LogP contribution in [0.5, 0.6) is 0 Å². The van der Waals surface area contributed by atoms with Crippen LogP contribution in [-0.2, 0) is 0 Å². The molecule has 0 fully saturated rings. The number of halogens is 2. The lowest BCUT2D eigenvalue weighted by molar-refractivity contribution is 0.576. The van der Waals surface area contributed by atoms with Crippen LogP contribution in [0.15, 0.2) is 43.0 Å². The van der Waals surface area contributed by atoms with E-state index in [-0.39, 0.29) is 0 Å². The Balaban J connectivity index is 2.39. The van der Waals surface area contributed by atoms with Crippen molar-refractivity contribution in [1.29, 1.82) is 5.26 Å². The van der Waals surface area contributed by atoms with E-state index in [0.29, 0.717) is 11.1 Å². The van der Waals surface area contributed by atoms with Crippen LogP contribution in [-0.4, -0.2) is 0 Å². The zero-order valence-electron chi connectivity index (χ0n) is 11.5. The Morgan fingerprint density at radius 3 is 2.10 bits per heavy atom. The maximum Gasteiger partial charge on any atom is 0.144 e. The first-order valence-electron chi connectivity index (χ1n) is 6.35. The van der Waals surface area contributed by atoms with Gasteiger partial charge in [0, 0.05) is 0 Å². The van der Waals surface area contributed by atoms with Gasteiger partial charge in [-0.1, -0.05) is 43.0 Å². The van der Waals surface area contributed by atoms with E-state index in [1.165, 1.54) is 18.2 Å². The standard InChI is InChI=1S/C18H13F2N/c1-3-13-4-6-14(7-5-13)8-12(2)15-9-17(19)16(11-21)18(20)10-15/h3-10H,1H2,2H3/b12-8+. The first-order valence-corrected chi connectivity index (χ1v) is 6.35. The third kappa shape index (κ3) is 3.24. The summed E-state index contributed by atoms with van der Waals surface area (Å²) < 4.78 is 27.2. The normalized spacial score (nSPS) is 11.0. The van der Waals surface area contributed by atoms with Gasteiger partial charge in [0.1, 0.15) is 23.3 Å². The molecule has 0 unspecified atom stereocenters. The minimum absolute atomic E-state index is 0.414. The number of hydrogen-bond donors (Lipinski definition) is 0. The zero-order valence-corrected chi connectivity index (χ0v) is 11.5. The topological polar surface area (TPSA) is 23.8 Å².